The van der Waals surface area contributed by atoms with Crippen molar-refractivity contribution in [1.29, 1.82) is 0 Å². The highest BCUT2D eigenvalue weighted by atomic mass is 32.1. The molecular weight excluding hydrogens is 232 g/mol. The van der Waals surface area contributed by atoms with E-state index in [1.54, 1.807) is 10.8 Å². The predicted octanol–water partition coefficient (Wildman–Crippen LogP) is 0.505. The van der Waals surface area contributed by atoms with Crippen LogP contribution in [-0.4, -0.2) is 14.7 Å². The molecule has 1 aromatic heterocycles. The van der Waals surface area contributed by atoms with Crippen LogP contribution in [-0.2, 0) is 6.54 Å². The Morgan fingerprint density at radius 1 is 1.60 bits per heavy atom. The van der Waals surface area contributed by atoms with Gasteiger partial charge >= 0.3 is 0 Å². The third kappa shape index (κ3) is 5.97. The van der Waals surface area contributed by atoms with E-state index in [1.165, 1.54) is 6.07 Å². The smallest absolute Gasteiger partial charge is 0.254 e. The average Bonchev–Trinajstić information content (AvgIpc) is 2.11. The first-order chi connectivity index (χ1) is 6.99. The first kappa shape index (κ1) is 13.8. The lowest BCUT2D eigenvalue weighted by Gasteiger charge is -2.00. The van der Waals surface area contributed by atoms with Crippen LogP contribution in [0.2, 0.25) is 0 Å². The van der Waals surface area contributed by atoms with Crippen molar-refractivity contribution in [2.75, 3.05) is 0 Å². The predicted molar refractivity (Wildman–Crippen MR) is 67.2 cm³/mol. The van der Waals surface area contributed by atoms with Crippen LogP contribution in [0.5, 0.6) is 0 Å². The third-order valence-corrected chi connectivity index (χ3v) is 1.73. The normalized spacial score (nSPS) is 8.87. The number of hydrogen-bond acceptors (Lipinski definition) is 3. The molecule has 0 aliphatic heterocycles. The van der Waals surface area contributed by atoms with E-state index in [1.807, 2.05) is 6.92 Å². The van der Waals surface area contributed by atoms with E-state index in [2.05, 4.69) is 28.7 Å². The average molecular weight is 246 g/mol. The van der Waals surface area contributed by atoms with Crippen LogP contribution in [0, 0.1) is 4.77 Å². The summed E-state index contributed by atoms with van der Waals surface area (Å²) in [6.07, 6.45) is 2.48. The number of H-pyrrole nitrogens is 1. The topological polar surface area (TPSA) is 89.8 Å². The summed E-state index contributed by atoms with van der Waals surface area (Å²) in [6, 6.07) is 1.48. The second-order valence-electron chi connectivity index (χ2n) is 2.68. The molecule has 15 heavy (non-hydrogen) atoms. The van der Waals surface area contributed by atoms with Gasteiger partial charge in [0.05, 0.1) is 0 Å². The lowest BCUT2D eigenvalue weighted by molar-refractivity contribution is 0.630. The fourth-order valence-corrected chi connectivity index (χ4v) is 1.14. The summed E-state index contributed by atoms with van der Waals surface area (Å²) in [5, 5.41) is 0.000000000000000222. The molecule has 0 spiro atoms. The highest BCUT2D eigenvalue weighted by molar-refractivity contribution is 7.80. The number of rotatable bonds is 2. The first-order valence-electron chi connectivity index (χ1n) is 4.32. The maximum Gasteiger partial charge on any atom is 0.254 e. The number of aromatic amines is 1. The summed E-state index contributed by atoms with van der Waals surface area (Å²) in [5.74, 6) is 0. The zero-order valence-corrected chi connectivity index (χ0v) is 10.0. The van der Waals surface area contributed by atoms with E-state index in [9.17, 15) is 4.79 Å². The van der Waals surface area contributed by atoms with Crippen LogP contribution in [0.25, 0.3) is 0 Å². The Kier molecular flexibility index (Phi) is 6.56. The summed E-state index contributed by atoms with van der Waals surface area (Å²) in [7, 11) is 0. The molecule has 0 aliphatic rings. The van der Waals surface area contributed by atoms with Crippen molar-refractivity contribution in [1.82, 2.24) is 9.55 Å². The summed E-state index contributed by atoms with van der Waals surface area (Å²) < 4.78 is 2.05. The molecule has 0 aromatic carbocycles. The maximum atomic E-state index is 11.1. The number of nitrogens with two attached hydrogens (primary N) is 2. The van der Waals surface area contributed by atoms with Crippen LogP contribution >= 0.6 is 24.4 Å². The zero-order valence-electron chi connectivity index (χ0n) is 8.40. The van der Waals surface area contributed by atoms with E-state index >= 15 is 0 Å². The minimum atomic E-state index is -0.0319. The van der Waals surface area contributed by atoms with E-state index in [0.717, 1.165) is 6.42 Å². The summed E-state index contributed by atoms with van der Waals surface area (Å²) in [4.78, 5) is 13.9. The maximum absolute atomic E-state index is 11.1. The first-order valence-corrected chi connectivity index (χ1v) is 5.14. The Labute approximate surface area is 98.1 Å². The summed E-state index contributed by atoms with van der Waals surface area (Å²) in [5.41, 5.74) is 9.21. The van der Waals surface area contributed by atoms with Crippen LogP contribution in [0.1, 0.15) is 13.3 Å². The van der Waals surface area contributed by atoms with Gasteiger partial charge in [0.1, 0.15) is 0 Å². The van der Waals surface area contributed by atoms with Gasteiger partial charge in [-0.25, -0.2) is 0 Å². The molecule has 0 aliphatic carbocycles. The van der Waals surface area contributed by atoms with E-state index < -0.39 is 0 Å². The Morgan fingerprint density at radius 3 is 2.53 bits per heavy atom. The van der Waals surface area contributed by atoms with Crippen molar-refractivity contribution in [2.24, 2.45) is 11.5 Å². The molecule has 0 bridgehead atoms. The van der Waals surface area contributed by atoms with Crippen LogP contribution in [0.4, 0.5) is 0 Å². The van der Waals surface area contributed by atoms with E-state index in [-0.39, 0.29) is 10.7 Å². The quantitative estimate of drug-likeness (QED) is 0.661. The van der Waals surface area contributed by atoms with Gasteiger partial charge in [0, 0.05) is 18.8 Å². The Hall–Kier alpha value is -1.21. The van der Waals surface area contributed by atoms with Crippen LogP contribution in [0.15, 0.2) is 17.1 Å². The molecule has 84 valence electrons. The van der Waals surface area contributed by atoms with E-state index in [4.69, 9.17) is 12.2 Å². The van der Waals surface area contributed by atoms with Gasteiger partial charge in [-0.1, -0.05) is 6.92 Å². The number of hydrogen-bond donors (Lipinski definition) is 3. The second-order valence-corrected chi connectivity index (χ2v) is 3.53. The van der Waals surface area contributed by atoms with Crippen LogP contribution in [0.3, 0.4) is 0 Å². The van der Waals surface area contributed by atoms with Gasteiger partial charge in [0.2, 0.25) is 0 Å². The molecule has 5 nitrogen and oxygen atoms in total. The molecule has 5 N–H and O–H groups in total. The third-order valence-electron chi connectivity index (χ3n) is 1.39. The minimum Gasteiger partial charge on any atom is -0.377 e. The van der Waals surface area contributed by atoms with Crippen molar-refractivity contribution >= 4 is 29.5 Å². The monoisotopic (exact) mass is 246 g/mol. The number of aromatic nitrogens is 2. The largest absolute Gasteiger partial charge is 0.377 e. The zero-order chi connectivity index (χ0) is 11.8. The van der Waals surface area contributed by atoms with Crippen molar-refractivity contribution < 1.29 is 0 Å². The van der Waals surface area contributed by atoms with Gasteiger partial charge in [-0.05, 0) is 30.9 Å². The molecule has 0 saturated heterocycles. The van der Waals surface area contributed by atoms with Gasteiger partial charge < -0.3 is 16.5 Å². The fraction of sp³-hybridized carbons (Fsp3) is 0.375. The van der Waals surface area contributed by atoms with Gasteiger partial charge in [0.15, 0.2) is 9.88 Å². The Bertz CT molecular complexity index is 391. The second kappa shape index (κ2) is 7.13. The van der Waals surface area contributed by atoms with Crippen molar-refractivity contribution in [3.63, 3.8) is 0 Å². The number of nitrogens with one attached hydrogen (secondary N) is 1. The molecule has 0 amide bonds. The summed E-state index contributed by atoms with van der Waals surface area (Å²) in [6.45, 7) is 2.70. The SMILES string of the molecule is CCCn1c(=O)cc[nH]c1=S.NC(N)=S. The van der Waals surface area contributed by atoms with Crippen molar-refractivity contribution in [3.05, 3.63) is 27.4 Å². The Balaban J connectivity index is 0.000000423. The molecule has 0 saturated carbocycles. The fourth-order valence-electron chi connectivity index (χ4n) is 0.888. The molecule has 1 aromatic rings. The van der Waals surface area contributed by atoms with Crippen molar-refractivity contribution in [3.8, 4) is 0 Å². The molecule has 0 radical (unpaired) electrons. The van der Waals surface area contributed by atoms with Crippen LogP contribution < -0.4 is 17.0 Å². The molecule has 0 unspecified atom stereocenters. The van der Waals surface area contributed by atoms with Gasteiger partial charge in [-0.2, -0.15) is 0 Å². The standard InChI is InChI=1S/C7H10N2OS.CH4N2S/c1-2-5-9-6(10)3-4-8-7(9)11;2-1(3)4/h3-4H,2,5H2,1H3,(H,8,11);(H4,2,3,4). The molecule has 0 fully saturated rings. The van der Waals surface area contributed by atoms with Gasteiger partial charge in [-0.15, -0.1) is 0 Å². The molecule has 7 heteroatoms. The number of nitrogens with zero attached hydrogens (tertiary/aromatic N) is 1. The molecular formula is C8H14N4OS2. The molecule has 0 atom stereocenters. The summed E-state index contributed by atoms with van der Waals surface area (Å²) >= 11 is 9.00. The number of thiocarbonyl (C=S) groups is 1. The van der Waals surface area contributed by atoms with Gasteiger partial charge in [0.25, 0.3) is 5.56 Å². The molecule has 1 heterocycles. The lowest BCUT2D eigenvalue weighted by Crippen LogP contribution is -2.19. The molecule has 1 rings (SSSR count). The highest BCUT2D eigenvalue weighted by Crippen LogP contribution is 1.85. The van der Waals surface area contributed by atoms with Crippen molar-refractivity contribution in [2.45, 2.75) is 19.9 Å². The highest BCUT2D eigenvalue weighted by Gasteiger charge is 1.93. The Morgan fingerprint density at radius 2 is 2.13 bits per heavy atom. The van der Waals surface area contributed by atoms with E-state index in [0.29, 0.717) is 11.3 Å². The minimum absolute atomic E-state index is 0.000000000000000222. The lowest BCUT2D eigenvalue weighted by atomic mass is 10.5. The van der Waals surface area contributed by atoms with Gasteiger partial charge in [-0.3, -0.25) is 9.36 Å².